The first kappa shape index (κ1) is 21.8. The van der Waals surface area contributed by atoms with E-state index < -0.39 is 11.9 Å². The van der Waals surface area contributed by atoms with Gasteiger partial charge in [-0.25, -0.2) is 9.59 Å². The molecular weight excluding hydrogens is 338 g/mol. The minimum Gasteiger partial charge on any atom is -0.488 e. The third-order valence-corrected chi connectivity index (χ3v) is 3.80. The van der Waals surface area contributed by atoms with Gasteiger partial charge in [-0.3, -0.25) is 4.90 Å². The van der Waals surface area contributed by atoms with Gasteiger partial charge >= 0.3 is 11.9 Å². The highest BCUT2D eigenvalue weighted by molar-refractivity contribution is 6.27. The summed E-state index contributed by atoms with van der Waals surface area (Å²) in [4.78, 5) is 20.7. The zero-order valence-corrected chi connectivity index (χ0v) is 15.7. The number of benzene rings is 1. The largest absolute Gasteiger partial charge is 0.488 e. The molecule has 2 rings (SSSR count). The van der Waals surface area contributed by atoms with Gasteiger partial charge in [-0.2, -0.15) is 0 Å². The molecule has 0 saturated carbocycles. The predicted molar refractivity (Wildman–Crippen MR) is 97.8 cm³/mol. The lowest BCUT2D eigenvalue weighted by Gasteiger charge is -2.30. The maximum Gasteiger partial charge on any atom is 0.414 e. The molecule has 146 valence electrons. The van der Waals surface area contributed by atoms with Crippen LogP contribution in [0.25, 0.3) is 0 Å². The lowest BCUT2D eigenvalue weighted by molar-refractivity contribution is -0.159. The third-order valence-electron chi connectivity index (χ3n) is 3.80. The standard InChI is InChI=1S/C17H27NO2.C2H2O4/c1-14(2)20-17-9-5-4-8-16(17)19-12-11-18-10-6-7-15(3)13-18;3-1(4)2(5)6/h4-5,8-9,14-15H,6-7,10-13H2,1-3H3;(H,3,4)(H,5,6). The van der Waals surface area contributed by atoms with E-state index in [-0.39, 0.29) is 6.10 Å². The van der Waals surface area contributed by atoms with Crippen LogP contribution in [-0.4, -0.2) is 59.4 Å². The summed E-state index contributed by atoms with van der Waals surface area (Å²) >= 11 is 0. The van der Waals surface area contributed by atoms with Gasteiger partial charge in [-0.05, 0) is 51.3 Å². The molecule has 0 radical (unpaired) electrons. The van der Waals surface area contributed by atoms with Crippen LogP contribution in [-0.2, 0) is 9.59 Å². The molecule has 7 nitrogen and oxygen atoms in total. The highest BCUT2D eigenvalue weighted by Crippen LogP contribution is 2.27. The molecule has 7 heteroatoms. The topological polar surface area (TPSA) is 96.3 Å². The van der Waals surface area contributed by atoms with Gasteiger partial charge < -0.3 is 19.7 Å². The number of carboxylic acid groups (broad SMARTS) is 2. The highest BCUT2D eigenvalue weighted by Gasteiger charge is 2.16. The van der Waals surface area contributed by atoms with Crippen LogP contribution in [0.2, 0.25) is 0 Å². The lowest BCUT2D eigenvalue weighted by Crippen LogP contribution is -2.37. The first-order chi connectivity index (χ1) is 12.3. The van der Waals surface area contributed by atoms with E-state index in [2.05, 4.69) is 11.8 Å². The van der Waals surface area contributed by atoms with Crippen molar-refractivity contribution in [2.75, 3.05) is 26.2 Å². The summed E-state index contributed by atoms with van der Waals surface area (Å²) in [5, 5.41) is 14.8. The maximum atomic E-state index is 9.10. The molecule has 0 spiro atoms. The molecule has 0 aromatic heterocycles. The molecule has 0 bridgehead atoms. The quantitative estimate of drug-likeness (QED) is 0.746. The number of hydrogen-bond acceptors (Lipinski definition) is 5. The van der Waals surface area contributed by atoms with Gasteiger partial charge in [-0.15, -0.1) is 0 Å². The molecule has 1 unspecified atom stereocenters. The van der Waals surface area contributed by atoms with E-state index in [1.807, 2.05) is 38.1 Å². The van der Waals surface area contributed by atoms with Gasteiger partial charge in [0, 0.05) is 13.1 Å². The minimum absolute atomic E-state index is 0.169. The Morgan fingerprint density at radius 2 is 1.81 bits per heavy atom. The van der Waals surface area contributed by atoms with Crippen molar-refractivity contribution in [1.29, 1.82) is 0 Å². The second-order valence-corrected chi connectivity index (χ2v) is 6.62. The molecule has 1 aliphatic rings. The van der Waals surface area contributed by atoms with Crippen molar-refractivity contribution in [1.82, 2.24) is 4.90 Å². The average molecular weight is 367 g/mol. The Kier molecular flexibility index (Phi) is 9.51. The maximum absolute atomic E-state index is 9.10. The summed E-state index contributed by atoms with van der Waals surface area (Å²) in [6.07, 6.45) is 2.85. The Bertz CT molecular complexity index is 563. The highest BCUT2D eigenvalue weighted by atomic mass is 16.5. The number of nitrogens with zero attached hydrogens (tertiary/aromatic N) is 1. The molecule has 2 N–H and O–H groups in total. The fraction of sp³-hybridized carbons (Fsp3) is 0.579. The molecular formula is C19H29NO6. The molecule has 1 atom stereocenters. The van der Waals surface area contributed by atoms with Gasteiger partial charge in [0.2, 0.25) is 0 Å². The van der Waals surface area contributed by atoms with E-state index >= 15 is 0 Å². The van der Waals surface area contributed by atoms with Crippen molar-refractivity contribution >= 4 is 11.9 Å². The second-order valence-electron chi connectivity index (χ2n) is 6.62. The van der Waals surface area contributed by atoms with Crippen LogP contribution in [0.1, 0.15) is 33.6 Å². The fourth-order valence-electron chi connectivity index (χ4n) is 2.70. The zero-order valence-electron chi connectivity index (χ0n) is 15.7. The summed E-state index contributed by atoms with van der Waals surface area (Å²) in [5.41, 5.74) is 0. The number of aliphatic carboxylic acids is 2. The molecule has 1 aromatic carbocycles. The number of piperidine rings is 1. The zero-order chi connectivity index (χ0) is 19.5. The van der Waals surface area contributed by atoms with Crippen molar-refractivity contribution in [2.24, 2.45) is 5.92 Å². The van der Waals surface area contributed by atoms with Crippen LogP contribution in [0.4, 0.5) is 0 Å². The summed E-state index contributed by atoms with van der Waals surface area (Å²) in [6, 6.07) is 7.93. The minimum atomic E-state index is -1.82. The van der Waals surface area contributed by atoms with Gasteiger partial charge in [0.25, 0.3) is 0 Å². The number of likely N-dealkylation sites (tertiary alicyclic amines) is 1. The van der Waals surface area contributed by atoms with E-state index in [1.54, 1.807) is 0 Å². The molecule has 1 fully saturated rings. The molecule has 1 aromatic rings. The van der Waals surface area contributed by atoms with Gasteiger partial charge in [0.15, 0.2) is 11.5 Å². The van der Waals surface area contributed by atoms with Crippen LogP contribution in [0, 0.1) is 5.92 Å². The van der Waals surface area contributed by atoms with Crippen LogP contribution in [0.3, 0.4) is 0 Å². The lowest BCUT2D eigenvalue weighted by atomic mass is 10.0. The van der Waals surface area contributed by atoms with Crippen LogP contribution in [0.15, 0.2) is 24.3 Å². The summed E-state index contributed by atoms with van der Waals surface area (Å²) in [6.45, 7) is 10.5. The number of carboxylic acids is 2. The third kappa shape index (κ3) is 8.71. The van der Waals surface area contributed by atoms with Crippen molar-refractivity contribution in [3.8, 4) is 11.5 Å². The summed E-state index contributed by atoms with van der Waals surface area (Å²) in [7, 11) is 0. The Labute approximate surface area is 154 Å². The van der Waals surface area contributed by atoms with Gasteiger partial charge in [0.05, 0.1) is 6.10 Å². The molecule has 0 aliphatic carbocycles. The monoisotopic (exact) mass is 367 g/mol. The van der Waals surface area contributed by atoms with E-state index in [4.69, 9.17) is 29.3 Å². The number of carbonyl (C=O) groups is 2. The Hall–Kier alpha value is -2.28. The van der Waals surface area contributed by atoms with Crippen LogP contribution in [0.5, 0.6) is 11.5 Å². The van der Waals surface area contributed by atoms with Crippen LogP contribution >= 0.6 is 0 Å². The first-order valence-corrected chi connectivity index (χ1v) is 8.86. The van der Waals surface area contributed by atoms with E-state index in [0.29, 0.717) is 0 Å². The van der Waals surface area contributed by atoms with Crippen LogP contribution < -0.4 is 9.47 Å². The summed E-state index contributed by atoms with van der Waals surface area (Å²) in [5.74, 6) is -1.13. The Morgan fingerprint density at radius 1 is 1.19 bits per heavy atom. The molecule has 26 heavy (non-hydrogen) atoms. The number of ether oxygens (including phenoxy) is 2. The number of para-hydroxylation sites is 2. The normalized spacial score (nSPS) is 17.2. The molecule has 1 heterocycles. The fourth-order valence-corrected chi connectivity index (χ4v) is 2.70. The van der Waals surface area contributed by atoms with E-state index in [9.17, 15) is 0 Å². The molecule has 1 saturated heterocycles. The Morgan fingerprint density at radius 3 is 2.35 bits per heavy atom. The van der Waals surface area contributed by atoms with Crippen molar-refractivity contribution in [3.63, 3.8) is 0 Å². The first-order valence-electron chi connectivity index (χ1n) is 8.86. The molecule has 1 aliphatic heterocycles. The number of hydrogen-bond donors (Lipinski definition) is 2. The average Bonchev–Trinajstić information content (AvgIpc) is 2.56. The Balaban J connectivity index is 0.000000487. The number of rotatable bonds is 6. The summed E-state index contributed by atoms with van der Waals surface area (Å²) < 4.78 is 11.7. The SMILES string of the molecule is CC1CCCN(CCOc2ccccc2OC(C)C)C1.O=C(O)C(=O)O. The molecule has 0 amide bonds. The van der Waals surface area contributed by atoms with Crippen molar-refractivity contribution in [3.05, 3.63) is 24.3 Å². The van der Waals surface area contributed by atoms with E-state index in [1.165, 1.54) is 25.9 Å². The van der Waals surface area contributed by atoms with Crippen molar-refractivity contribution < 1.29 is 29.3 Å². The van der Waals surface area contributed by atoms with Gasteiger partial charge in [-0.1, -0.05) is 19.1 Å². The smallest absolute Gasteiger partial charge is 0.414 e. The second kappa shape index (κ2) is 11.4. The predicted octanol–water partition coefficient (Wildman–Crippen LogP) is 2.74. The van der Waals surface area contributed by atoms with Crippen molar-refractivity contribution in [2.45, 2.75) is 39.7 Å². The van der Waals surface area contributed by atoms with E-state index in [0.717, 1.165) is 30.6 Å². The van der Waals surface area contributed by atoms with Gasteiger partial charge in [0.1, 0.15) is 6.61 Å².